The summed E-state index contributed by atoms with van der Waals surface area (Å²) in [5.41, 5.74) is 1.31. The lowest BCUT2D eigenvalue weighted by Crippen LogP contribution is -2.52. The number of amides is 3. The largest absolute Gasteiger partial charge is 0.432 e. The number of carbonyl (C=O) groups is 2. The van der Waals surface area contributed by atoms with Crippen LogP contribution in [0.5, 0.6) is 0 Å². The molecule has 3 aliphatic rings. The lowest BCUT2D eigenvalue weighted by Gasteiger charge is -2.42. The van der Waals surface area contributed by atoms with Crippen molar-refractivity contribution < 1.29 is 27.2 Å². The van der Waals surface area contributed by atoms with Crippen LogP contribution in [-0.4, -0.2) is 65.6 Å². The summed E-state index contributed by atoms with van der Waals surface area (Å²) in [6.45, 7) is -0.469. The van der Waals surface area contributed by atoms with E-state index < -0.39 is 24.2 Å². The van der Waals surface area contributed by atoms with Gasteiger partial charge in [0.2, 0.25) is 0 Å². The molecule has 0 atom stereocenters. The Morgan fingerprint density at radius 1 is 1.18 bits per heavy atom. The summed E-state index contributed by atoms with van der Waals surface area (Å²) < 4.78 is 43.9. The zero-order valence-corrected chi connectivity index (χ0v) is 18.5. The quantitative estimate of drug-likeness (QED) is 0.668. The maximum absolute atomic E-state index is 13.0. The Morgan fingerprint density at radius 3 is 2.55 bits per heavy atom. The number of carbonyl (C=O) groups excluding carboxylic acids is 2. The summed E-state index contributed by atoms with van der Waals surface area (Å²) in [7, 11) is 0. The first kappa shape index (κ1) is 22.3. The summed E-state index contributed by atoms with van der Waals surface area (Å²) in [5.74, 6) is -0.616. The predicted octanol–water partition coefficient (Wildman–Crippen LogP) is 4.10. The third-order valence-corrected chi connectivity index (χ3v) is 6.95. The Balaban J connectivity index is 1.46. The Labute approximate surface area is 192 Å². The first-order valence-corrected chi connectivity index (χ1v) is 11.3. The first-order valence-electron chi connectivity index (χ1n) is 11.0. The zero-order chi connectivity index (χ0) is 23.4. The molecule has 2 fully saturated rings. The highest BCUT2D eigenvalue weighted by Crippen LogP contribution is 2.48. The van der Waals surface area contributed by atoms with Crippen molar-refractivity contribution in [1.29, 1.82) is 0 Å². The van der Waals surface area contributed by atoms with Crippen LogP contribution in [0.15, 0.2) is 10.5 Å². The minimum Gasteiger partial charge on any atom is -0.432 e. The molecule has 5 rings (SSSR count). The maximum atomic E-state index is 13.0. The summed E-state index contributed by atoms with van der Waals surface area (Å²) in [6, 6.07) is 1.22. The maximum Gasteiger partial charge on any atom is 0.401 e. The normalized spacial score (nSPS) is 21.1. The molecule has 1 aromatic heterocycles. The number of anilines is 1. The van der Waals surface area contributed by atoms with E-state index in [1.165, 1.54) is 9.80 Å². The number of nitrogens with zero attached hydrogens (tertiary/aromatic N) is 3. The van der Waals surface area contributed by atoms with Gasteiger partial charge in [-0.25, -0.2) is 9.78 Å². The van der Waals surface area contributed by atoms with Crippen LogP contribution in [0.3, 0.4) is 0 Å². The smallest absolute Gasteiger partial charge is 0.401 e. The topological polar surface area (TPSA) is 90.7 Å². The van der Waals surface area contributed by atoms with E-state index in [0.29, 0.717) is 40.2 Å². The van der Waals surface area contributed by atoms with E-state index in [2.05, 4.69) is 15.6 Å². The van der Waals surface area contributed by atoms with Gasteiger partial charge in [-0.2, -0.15) is 13.2 Å². The average Bonchev–Trinajstić information content (AvgIpc) is 3.16. The van der Waals surface area contributed by atoms with Gasteiger partial charge < -0.3 is 20.0 Å². The summed E-state index contributed by atoms with van der Waals surface area (Å²) in [5, 5.41) is 6.11. The number of urea groups is 1. The third-order valence-electron chi connectivity index (χ3n) is 6.66. The molecule has 2 N–H and O–H groups in total. The van der Waals surface area contributed by atoms with Crippen molar-refractivity contribution in [3.05, 3.63) is 22.5 Å². The molecule has 1 aliphatic carbocycles. The van der Waals surface area contributed by atoms with E-state index in [9.17, 15) is 22.8 Å². The van der Waals surface area contributed by atoms with Crippen LogP contribution in [0.2, 0.25) is 5.02 Å². The van der Waals surface area contributed by atoms with Crippen LogP contribution >= 0.6 is 11.6 Å². The van der Waals surface area contributed by atoms with E-state index >= 15 is 0 Å². The fraction of sp³-hybridized carbons (Fsp3) is 0.571. The molecule has 1 spiro atoms. The number of alkyl halides is 3. The Bertz CT molecular complexity index is 1100. The molecule has 0 unspecified atom stereocenters. The molecule has 1 saturated carbocycles. The Kier molecular flexibility index (Phi) is 5.43. The van der Waals surface area contributed by atoms with Gasteiger partial charge in [0.1, 0.15) is 5.52 Å². The van der Waals surface area contributed by atoms with Gasteiger partial charge in [-0.3, -0.25) is 9.69 Å². The summed E-state index contributed by atoms with van der Waals surface area (Å²) in [6.07, 6.45) is 0.0711. The highest BCUT2D eigenvalue weighted by atomic mass is 35.5. The van der Waals surface area contributed by atoms with E-state index in [0.717, 1.165) is 19.3 Å². The molecule has 8 nitrogen and oxygen atoms in total. The van der Waals surface area contributed by atoms with Gasteiger partial charge >= 0.3 is 18.1 Å². The second-order valence-corrected chi connectivity index (χ2v) is 9.29. The molecule has 3 amide bonds. The number of rotatable bonds is 2. The van der Waals surface area contributed by atoms with Crippen molar-refractivity contribution in [3.63, 3.8) is 0 Å². The van der Waals surface area contributed by atoms with Crippen molar-refractivity contribution in [3.8, 4) is 0 Å². The number of fused-ring (bicyclic) bond motifs is 4. The van der Waals surface area contributed by atoms with Crippen molar-refractivity contribution in [2.45, 2.75) is 43.8 Å². The number of piperazine rings is 1. The van der Waals surface area contributed by atoms with Crippen LogP contribution in [0.1, 0.15) is 48.4 Å². The number of oxazole rings is 1. The lowest BCUT2D eigenvalue weighted by molar-refractivity contribution is -0.148. The monoisotopic (exact) mass is 485 g/mol. The number of hydrogen-bond acceptors (Lipinski definition) is 5. The van der Waals surface area contributed by atoms with Crippen LogP contribution in [0, 0.1) is 0 Å². The number of halogens is 4. The molecular weight excluding hydrogens is 463 g/mol. The number of nitrogens with one attached hydrogen (secondary N) is 2. The van der Waals surface area contributed by atoms with Crippen LogP contribution < -0.4 is 10.6 Å². The zero-order valence-electron chi connectivity index (χ0n) is 17.7. The van der Waals surface area contributed by atoms with E-state index in [-0.39, 0.29) is 38.1 Å². The van der Waals surface area contributed by atoms with Gasteiger partial charge in [-0.1, -0.05) is 30.9 Å². The van der Waals surface area contributed by atoms with Gasteiger partial charge in [0, 0.05) is 31.7 Å². The molecular formula is C21H23ClF3N5O3. The highest BCUT2D eigenvalue weighted by Gasteiger charge is 2.44. The molecule has 3 heterocycles. The fourth-order valence-corrected chi connectivity index (χ4v) is 5.40. The number of hydrogen-bond donors (Lipinski definition) is 2. The molecule has 33 heavy (non-hydrogen) atoms. The minimum absolute atomic E-state index is 0.117. The van der Waals surface area contributed by atoms with Crippen LogP contribution in [0.25, 0.3) is 11.1 Å². The average molecular weight is 486 g/mol. The SMILES string of the molecule is O=C1Nc2c(Cl)cc3nc(C(=O)N4CCN(CC(F)(F)F)CC4)oc3c2C2(CCCCC2)N1. The van der Waals surface area contributed by atoms with E-state index in [1.807, 2.05) is 0 Å². The van der Waals surface area contributed by atoms with Crippen molar-refractivity contribution in [2.75, 3.05) is 38.0 Å². The van der Waals surface area contributed by atoms with Gasteiger partial charge in [0.25, 0.3) is 5.89 Å². The van der Waals surface area contributed by atoms with E-state index in [4.69, 9.17) is 16.0 Å². The minimum atomic E-state index is -4.27. The molecule has 2 aliphatic heterocycles. The highest BCUT2D eigenvalue weighted by molar-refractivity contribution is 6.35. The van der Waals surface area contributed by atoms with Crippen molar-refractivity contribution in [2.24, 2.45) is 0 Å². The third kappa shape index (κ3) is 4.12. The Morgan fingerprint density at radius 2 is 1.88 bits per heavy atom. The molecule has 0 radical (unpaired) electrons. The molecule has 2 aromatic rings. The Hall–Kier alpha value is -2.53. The number of benzene rings is 1. The van der Waals surface area contributed by atoms with Crippen molar-refractivity contribution >= 4 is 40.3 Å². The van der Waals surface area contributed by atoms with Gasteiger partial charge in [-0.05, 0) is 18.9 Å². The molecule has 1 saturated heterocycles. The lowest BCUT2D eigenvalue weighted by atomic mass is 9.74. The second-order valence-electron chi connectivity index (χ2n) is 8.88. The van der Waals surface area contributed by atoms with Crippen LogP contribution in [-0.2, 0) is 5.54 Å². The van der Waals surface area contributed by atoms with Gasteiger partial charge in [-0.15, -0.1) is 0 Å². The van der Waals surface area contributed by atoms with Crippen LogP contribution in [0.4, 0.5) is 23.7 Å². The summed E-state index contributed by atoms with van der Waals surface area (Å²) in [4.78, 5) is 32.5. The predicted molar refractivity (Wildman–Crippen MR) is 114 cm³/mol. The molecule has 12 heteroatoms. The van der Waals surface area contributed by atoms with E-state index in [1.54, 1.807) is 6.07 Å². The second kappa shape index (κ2) is 8.05. The van der Waals surface area contributed by atoms with Gasteiger partial charge in [0.15, 0.2) is 5.58 Å². The summed E-state index contributed by atoms with van der Waals surface area (Å²) >= 11 is 6.48. The first-order chi connectivity index (χ1) is 15.7. The van der Waals surface area contributed by atoms with Crippen molar-refractivity contribution in [1.82, 2.24) is 20.1 Å². The number of aromatic nitrogens is 1. The fourth-order valence-electron chi connectivity index (χ4n) is 5.16. The van der Waals surface area contributed by atoms with Gasteiger partial charge in [0.05, 0.1) is 22.8 Å². The molecule has 178 valence electrons. The molecule has 1 aromatic carbocycles. The molecule has 0 bridgehead atoms. The standard InChI is InChI=1S/C21H23ClF3N5O3/c22-12-10-13-16(14-15(12)27-19(32)28-20(14)4-2-1-3-5-20)33-17(26-13)18(31)30-8-6-29(7-9-30)11-21(23,24)25/h10H,1-9,11H2,(H2,27,28,32).